The van der Waals surface area contributed by atoms with Crippen LogP contribution in [0.2, 0.25) is 0 Å². The Morgan fingerprint density at radius 3 is 2.62 bits per heavy atom. The Kier molecular flexibility index (Phi) is 4.36. The maximum Gasteiger partial charge on any atom is 0.305 e. The quantitative estimate of drug-likeness (QED) is 0.794. The average Bonchev–Trinajstić information content (AvgIpc) is 2.94. The van der Waals surface area contributed by atoms with Crippen LogP contribution < -0.4 is 24.3 Å². The zero-order valence-corrected chi connectivity index (χ0v) is 11.6. The number of carboxylic acids is 1. The van der Waals surface area contributed by atoms with Crippen molar-refractivity contribution in [1.82, 2.24) is 5.32 Å². The normalized spacial score (nSPS) is 11.9. The van der Waals surface area contributed by atoms with Gasteiger partial charge in [0.1, 0.15) is 0 Å². The van der Waals surface area contributed by atoms with Gasteiger partial charge in [0, 0.05) is 12.6 Å². The van der Waals surface area contributed by atoms with Gasteiger partial charge in [-0.1, -0.05) is 0 Å². The Balaban J connectivity index is 2.30. The molecule has 0 fully saturated rings. The van der Waals surface area contributed by atoms with Gasteiger partial charge in [0.25, 0.3) is 5.91 Å². The van der Waals surface area contributed by atoms with E-state index in [2.05, 4.69) is 5.32 Å². The van der Waals surface area contributed by atoms with Gasteiger partial charge in [-0.3, -0.25) is 9.59 Å². The summed E-state index contributed by atoms with van der Waals surface area (Å²) in [6.45, 7) is 0.0141. The lowest BCUT2D eigenvalue weighted by atomic mass is 10.1. The number of rotatable bonds is 6. The van der Waals surface area contributed by atoms with E-state index in [-0.39, 0.29) is 31.1 Å². The minimum absolute atomic E-state index is 0.00609. The fourth-order valence-corrected chi connectivity index (χ4v) is 1.92. The third kappa shape index (κ3) is 2.93. The number of hydrogen-bond donors (Lipinski definition) is 2. The molecule has 0 saturated carbocycles. The van der Waals surface area contributed by atoms with E-state index < -0.39 is 11.9 Å². The molecule has 0 aromatic heterocycles. The predicted octanol–water partition coefficient (Wildman–Crippen LogP) is 0.637. The number of carboxylic acid groups (broad SMARTS) is 1. The average molecular weight is 297 g/mol. The Morgan fingerprint density at radius 2 is 2.00 bits per heavy atom. The smallest absolute Gasteiger partial charge is 0.305 e. The minimum Gasteiger partial charge on any atom is -0.493 e. The molecule has 1 aromatic carbocycles. The first kappa shape index (κ1) is 14.8. The molecule has 0 radical (unpaired) electrons. The van der Waals surface area contributed by atoms with E-state index in [9.17, 15) is 9.59 Å². The third-order valence-corrected chi connectivity index (χ3v) is 2.86. The molecule has 0 unspecified atom stereocenters. The molecule has 0 spiro atoms. The summed E-state index contributed by atoms with van der Waals surface area (Å²) in [5.74, 6) is -0.255. The minimum atomic E-state index is -0.995. The number of benzene rings is 1. The summed E-state index contributed by atoms with van der Waals surface area (Å²) in [6.07, 6.45) is -0.171. The molecule has 8 heteroatoms. The van der Waals surface area contributed by atoms with E-state index in [1.807, 2.05) is 0 Å². The molecule has 1 heterocycles. The van der Waals surface area contributed by atoms with Crippen molar-refractivity contribution in [1.29, 1.82) is 0 Å². The van der Waals surface area contributed by atoms with Gasteiger partial charge in [0.15, 0.2) is 11.5 Å². The van der Waals surface area contributed by atoms with E-state index in [1.54, 1.807) is 0 Å². The molecular formula is C13H15NO7. The molecule has 0 atom stereocenters. The van der Waals surface area contributed by atoms with Gasteiger partial charge < -0.3 is 29.4 Å². The number of amides is 1. The maximum absolute atomic E-state index is 12.1. The van der Waals surface area contributed by atoms with E-state index >= 15 is 0 Å². The second-order valence-corrected chi connectivity index (χ2v) is 4.12. The van der Waals surface area contributed by atoms with Gasteiger partial charge in [-0.25, -0.2) is 0 Å². The number of carbonyl (C=O) groups excluding carboxylic acids is 1. The van der Waals surface area contributed by atoms with Crippen LogP contribution in [0.1, 0.15) is 16.8 Å². The number of hydrogen-bond acceptors (Lipinski definition) is 6. The Bertz CT molecular complexity index is 570. The first-order chi connectivity index (χ1) is 10.1. The van der Waals surface area contributed by atoms with Gasteiger partial charge in [-0.2, -0.15) is 0 Å². The molecule has 1 aliphatic rings. The molecule has 2 N–H and O–H groups in total. The summed E-state index contributed by atoms with van der Waals surface area (Å²) in [4.78, 5) is 22.6. The van der Waals surface area contributed by atoms with Crippen LogP contribution in [0.25, 0.3) is 0 Å². The Labute approximate surface area is 120 Å². The van der Waals surface area contributed by atoms with Gasteiger partial charge in [-0.05, 0) is 0 Å². The van der Waals surface area contributed by atoms with Crippen molar-refractivity contribution in [2.75, 3.05) is 27.6 Å². The van der Waals surface area contributed by atoms with Crippen molar-refractivity contribution in [2.24, 2.45) is 0 Å². The fraction of sp³-hybridized carbons (Fsp3) is 0.385. The van der Waals surface area contributed by atoms with E-state index in [1.165, 1.54) is 20.3 Å². The number of carbonyl (C=O) groups is 2. The molecule has 1 aliphatic heterocycles. The molecular weight excluding hydrogens is 282 g/mol. The second kappa shape index (κ2) is 6.21. The van der Waals surface area contributed by atoms with Crippen LogP contribution in [0.5, 0.6) is 23.0 Å². The van der Waals surface area contributed by atoms with Gasteiger partial charge in [0.2, 0.25) is 18.3 Å². The monoisotopic (exact) mass is 297 g/mol. The van der Waals surface area contributed by atoms with Crippen LogP contribution in [0.4, 0.5) is 0 Å². The highest BCUT2D eigenvalue weighted by Crippen LogP contribution is 2.49. The standard InChI is InChI=1S/C13H15NO7/c1-18-8-5-7(13(17)14-4-3-9(15)16)10(19-2)12-11(8)20-6-21-12/h5H,3-4,6H2,1-2H3,(H,14,17)(H,15,16). The largest absolute Gasteiger partial charge is 0.493 e. The van der Waals surface area contributed by atoms with E-state index in [4.69, 9.17) is 24.1 Å². The van der Waals surface area contributed by atoms with E-state index in [0.29, 0.717) is 17.2 Å². The Hall–Kier alpha value is -2.64. The molecule has 0 bridgehead atoms. The zero-order valence-electron chi connectivity index (χ0n) is 11.6. The molecule has 0 aliphatic carbocycles. The fourth-order valence-electron chi connectivity index (χ4n) is 1.92. The third-order valence-electron chi connectivity index (χ3n) is 2.86. The molecule has 1 aromatic rings. The van der Waals surface area contributed by atoms with Crippen molar-refractivity contribution >= 4 is 11.9 Å². The first-order valence-electron chi connectivity index (χ1n) is 6.13. The van der Waals surface area contributed by atoms with Crippen molar-refractivity contribution < 1.29 is 33.6 Å². The number of fused-ring (bicyclic) bond motifs is 1. The van der Waals surface area contributed by atoms with Crippen molar-refractivity contribution in [3.05, 3.63) is 11.6 Å². The van der Waals surface area contributed by atoms with Gasteiger partial charge >= 0.3 is 5.97 Å². The van der Waals surface area contributed by atoms with Crippen LogP contribution in [0.15, 0.2) is 6.07 Å². The number of methoxy groups -OCH3 is 2. The van der Waals surface area contributed by atoms with Crippen LogP contribution in [-0.4, -0.2) is 44.5 Å². The highest BCUT2D eigenvalue weighted by Gasteiger charge is 2.29. The summed E-state index contributed by atoms with van der Waals surface area (Å²) in [7, 11) is 2.84. The molecule has 0 saturated heterocycles. The summed E-state index contributed by atoms with van der Waals surface area (Å²) in [6, 6.07) is 1.46. The lowest BCUT2D eigenvalue weighted by Crippen LogP contribution is -2.26. The van der Waals surface area contributed by atoms with Crippen molar-refractivity contribution in [3.8, 4) is 23.0 Å². The molecule has 2 rings (SSSR count). The number of ether oxygens (including phenoxy) is 4. The summed E-state index contributed by atoms with van der Waals surface area (Å²) < 4.78 is 20.9. The van der Waals surface area contributed by atoms with Gasteiger partial charge in [0.05, 0.1) is 26.2 Å². The summed E-state index contributed by atoms with van der Waals surface area (Å²) in [5.41, 5.74) is 0.184. The van der Waals surface area contributed by atoms with Crippen molar-refractivity contribution in [3.63, 3.8) is 0 Å². The summed E-state index contributed by atoms with van der Waals surface area (Å²) >= 11 is 0. The van der Waals surface area contributed by atoms with Crippen molar-refractivity contribution in [2.45, 2.75) is 6.42 Å². The van der Waals surface area contributed by atoms with Crippen LogP contribution in [0.3, 0.4) is 0 Å². The lowest BCUT2D eigenvalue weighted by Gasteiger charge is -2.13. The van der Waals surface area contributed by atoms with Gasteiger partial charge in [-0.15, -0.1) is 0 Å². The number of nitrogens with one attached hydrogen (secondary N) is 1. The first-order valence-corrected chi connectivity index (χ1v) is 6.13. The van der Waals surface area contributed by atoms with E-state index in [0.717, 1.165) is 0 Å². The SMILES string of the molecule is COc1cc(C(=O)NCCC(=O)O)c(OC)c2c1OCO2. The van der Waals surface area contributed by atoms with Crippen LogP contribution in [0, 0.1) is 0 Å². The molecule has 21 heavy (non-hydrogen) atoms. The second-order valence-electron chi connectivity index (χ2n) is 4.12. The van der Waals surface area contributed by atoms with Crippen LogP contribution >= 0.6 is 0 Å². The zero-order chi connectivity index (χ0) is 15.4. The van der Waals surface area contributed by atoms with Crippen LogP contribution in [-0.2, 0) is 4.79 Å². The molecule has 1 amide bonds. The predicted molar refractivity (Wildman–Crippen MR) is 70.3 cm³/mol. The molecule has 114 valence electrons. The summed E-state index contributed by atoms with van der Waals surface area (Å²) in [5, 5.41) is 11.1. The highest BCUT2D eigenvalue weighted by atomic mass is 16.7. The number of aliphatic carboxylic acids is 1. The lowest BCUT2D eigenvalue weighted by molar-refractivity contribution is -0.136. The molecule has 8 nitrogen and oxygen atoms in total. The highest BCUT2D eigenvalue weighted by molar-refractivity contribution is 5.99. The Morgan fingerprint density at radius 1 is 1.29 bits per heavy atom. The topological polar surface area (TPSA) is 103 Å². The maximum atomic E-state index is 12.1.